The van der Waals surface area contributed by atoms with Gasteiger partial charge in [0.1, 0.15) is 5.75 Å². The summed E-state index contributed by atoms with van der Waals surface area (Å²) >= 11 is 5.63. The number of rotatable bonds is 6. The summed E-state index contributed by atoms with van der Waals surface area (Å²) in [5, 5.41) is 13.7. The third-order valence-electron chi connectivity index (χ3n) is 4.84. The largest absolute Gasteiger partial charge is 0.504 e. The smallest absolute Gasteiger partial charge is 0.337 e. The van der Waals surface area contributed by atoms with Crippen LogP contribution < -0.4 is 19.7 Å². The molecule has 0 amide bonds. The number of methoxy groups -OCH3 is 2. The van der Waals surface area contributed by atoms with Crippen LogP contribution in [0.25, 0.3) is 0 Å². The fourth-order valence-electron chi connectivity index (χ4n) is 3.39. The van der Waals surface area contributed by atoms with Crippen LogP contribution in [0.2, 0.25) is 0 Å². The van der Waals surface area contributed by atoms with Crippen molar-refractivity contribution in [3.05, 3.63) is 59.3 Å². The maximum atomic E-state index is 12.7. The third kappa shape index (κ3) is 4.04. The molecule has 158 valence electrons. The van der Waals surface area contributed by atoms with Crippen molar-refractivity contribution in [3.63, 3.8) is 0 Å². The average Bonchev–Trinajstić information content (AvgIpc) is 2.75. The minimum absolute atomic E-state index is 0.0270. The molecule has 8 heteroatoms. The van der Waals surface area contributed by atoms with E-state index in [0.717, 1.165) is 11.4 Å². The van der Waals surface area contributed by atoms with Crippen molar-refractivity contribution in [1.82, 2.24) is 5.32 Å². The maximum Gasteiger partial charge on any atom is 0.337 e. The summed E-state index contributed by atoms with van der Waals surface area (Å²) in [4.78, 5) is 14.5. The molecular formula is C22H24N2O5S. The van der Waals surface area contributed by atoms with Gasteiger partial charge in [0.15, 0.2) is 16.6 Å². The molecule has 2 N–H and O–H groups in total. The molecule has 0 radical (unpaired) electrons. The van der Waals surface area contributed by atoms with E-state index in [9.17, 15) is 9.90 Å². The van der Waals surface area contributed by atoms with Gasteiger partial charge < -0.3 is 24.6 Å². The fourth-order valence-corrected chi connectivity index (χ4v) is 3.75. The lowest BCUT2D eigenvalue weighted by Gasteiger charge is -2.37. The van der Waals surface area contributed by atoms with Gasteiger partial charge in [0.25, 0.3) is 0 Å². The highest BCUT2D eigenvalue weighted by Gasteiger charge is 2.35. The van der Waals surface area contributed by atoms with E-state index in [1.54, 1.807) is 24.1 Å². The number of aromatic hydroxyl groups is 1. The van der Waals surface area contributed by atoms with Crippen LogP contribution in [0.5, 0.6) is 17.2 Å². The van der Waals surface area contributed by atoms with Crippen molar-refractivity contribution in [2.75, 3.05) is 25.7 Å². The van der Waals surface area contributed by atoms with Gasteiger partial charge in [0.2, 0.25) is 0 Å². The van der Waals surface area contributed by atoms with Gasteiger partial charge in [-0.25, -0.2) is 4.79 Å². The van der Waals surface area contributed by atoms with Gasteiger partial charge in [-0.15, -0.1) is 0 Å². The van der Waals surface area contributed by atoms with Crippen molar-refractivity contribution in [2.45, 2.75) is 19.9 Å². The number of anilines is 1. The van der Waals surface area contributed by atoms with Gasteiger partial charge in [-0.1, -0.05) is 6.07 Å². The summed E-state index contributed by atoms with van der Waals surface area (Å²) in [6.07, 6.45) is 0. The zero-order valence-electron chi connectivity index (χ0n) is 17.3. The second-order valence-corrected chi connectivity index (χ2v) is 6.95. The summed E-state index contributed by atoms with van der Waals surface area (Å²) in [6, 6.07) is 11.8. The molecule has 7 nitrogen and oxygen atoms in total. The maximum absolute atomic E-state index is 12.7. The number of carbonyl (C=O) groups is 1. The van der Waals surface area contributed by atoms with E-state index >= 15 is 0 Å². The molecular weight excluding hydrogens is 404 g/mol. The number of ether oxygens (including phenoxy) is 3. The molecule has 30 heavy (non-hydrogen) atoms. The SMILES string of the molecule is CCOc1cc(C2NC(=S)N(c3ccc(OC)cc3)C(C)=C2C(=O)OC)ccc1O. The molecule has 2 aromatic carbocycles. The number of hydrogen-bond donors (Lipinski definition) is 2. The van der Waals surface area contributed by atoms with Crippen LogP contribution in [-0.4, -0.2) is 37.0 Å². The van der Waals surface area contributed by atoms with Gasteiger partial charge in [-0.05, 0) is 68.0 Å². The highest BCUT2D eigenvalue weighted by atomic mass is 32.1. The number of benzene rings is 2. The molecule has 0 saturated heterocycles. The number of thiocarbonyl (C=S) groups is 1. The van der Waals surface area contributed by atoms with Crippen molar-refractivity contribution in [3.8, 4) is 17.2 Å². The molecule has 3 rings (SSSR count). The standard InChI is InChI=1S/C22H24N2O5S/c1-5-29-18-12-14(6-11-17(18)25)20-19(21(26)28-4)13(2)24(22(30)23-20)15-7-9-16(27-3)10-8-15/h6-12,20,25H,5H2,1-4H3,(H,23,30). The van der Waals surface area contributed by atoms with Crippen molar-refractivity contribution < 1.29 is 24.1 Å². The Labute approximate surface area is 180 Å². The number of carbonyl (C=O) groups excluding carboxylic acids is 1. The summed E-state index contributed by atoms with van der Waals surface area (Å²) in [7, 11) is 2.94. The fraction of sp³-hybridized carbons (Fsp3) is 0.273. The second kappa shape index (κ2) is 9.04. The highest BCUT2D eigenvalue weighted by molar-refractivity contribution is 7.80. The second-order valence-electron chi connectivity index (χ2n) is 6.57. The lowest BCUT2D eigenvalue weighted by molar-refractivity contribution is -0.136. The first-order valence-electron chi connectivity index (χ1n) is 9.40. The number of hydrogen-bond acceptors (Lipinski definition) is 6. The normalized spacial score (nSPS) is 16.2. The van der Waals surface area contributed by atoms with Crippen LogP contribution in [0, 0.1) is 0 Å². The van der Waals surface area contributed by atoms with E-state index in [2.05, 4.69) is 5.32 Å². The number of allylic oxidation sites excluding steroid dienone is 1. The van der Waals surface area contributed by atoms with Gasteiger partial charge in [-0.3, -0.25) is 4.90 Å². The Morgan fingerprint density at radius 2 is 1.90 bits per heavy atom. The average molecular weight is 429 g/mol. The highest BCUT2D eigenvalue weighted by Crippen LogP contribution is 2.37. The van der Waals surface area contributed by atoms with E-state index in [0.29, 0.717) is 34.3 Å². The van der Waals surface area contributed by atoms with Crippen molar-refractivity contribution >= 4 is 29.0 Å². The minimum Gasteiger partial charge on any atom is -0.504 e. The summed E-state index contributed by atoms with van der Waals surface area (Å²) in [6.45, 7) is 4.05. The van der Waals surface area contributed by atoms with Crippen LogP contribution in [0.15, 0.2) is 53.7 Å². The number of esters is 1. The number of phenols is 1. The quantitative estimate of drug-likeness (QED) is 0.533. The van der Waals surface area contributed by atoms with Gasteiger partial charge >= 0.3 is 5.97 Å². The number of nitrogens with one attached hydrogen (secondary N) is 1. The predicted octanol–water partition coefficient (Wildman–Crippen LogP) is 3.68. The first-order valence-corrected chi connectivity index (χ1v) is 9.81. The zero-order valence-corrected chi connectivity index (χ0v) is 18.1. The first kappa shape index (κ1) is 21.4. The van der Waals surface area contributed by atoms with E-state index < -0.39 is 12.0 Å². The molecule has 0 fully saturated rings. The zero-order chi connectivity index (χ0) is 21.8. The Kier molecular flexibility index (Phi) is 6.47. The molecule has 1 aliphatic rings. The molecule has 1 atom stereocenters. The molecule has 2 aromatic rings. The molecule has 0 bridgehead atoms. The molecule has 1 aliphatic heterocycles. The summed E-state index contributed by atoms with van der Waals surface area (Å²) < 4.78 is 15.8. The third-order valence-corrected chi connectivity index (χ3v) is 5.14. The predicted molar refractivity (Wildman–Crippen MR) is 118 cm³/mol. The molecule has 0 aliphatic carbocycles. The molecule has 0 spiro atoms. The Balaban J connectivity index is 2.10. The Morgan fingerprint density at radius 1 is 1.20 bits per heavy atom. The van der Waals surface area contributed by atoms with Crippen molar-refractivity contribution in [2.24, 2.45) is 0 Å². The van der Waals surface area contributed by atoms with Crippen molar-refractivity contribution in [1.29, 1.82) is 0 Å². The van der Waals surface area contributed by atoms with Gasteiger partial charge in [-0.2, -0.15) is 0 Å². The number of phenolic OH excluding ortho intramolecular Hbond substituents is 1. The van der Waals surface area contributed by atoms with Crippen LogP contribution in [0.3, 0.4) is 0 Å². The van der Waals surface area contributed by atoms with E-state index in [1.165, 1.54) is 13.2 Å². The van der Waals surface area contributed by atoms with Crippen LogP contribution >= 0.6 is 12.2 Å². The van der Waals surface area contributed by atoms with E-state index in [4.69, 9.17) is 26.4 Å². The van der Waals surface area contributed by atoms with Crippen LogP contribution in [-0.2, 0) is 9.53 Å². The molecule has 1 heterocycles. The summed E-state index contributed by atoms with van der Waals surface area (Å²) in [5.74, 6) is 0.605. The lowest BCUT2D eigenvalue weighted by Crippen LogP contribution is -2.48. The van der Waals surface area contributed by atoms with E-state index in [1.807, 2.05) is 38.1 Å². The molecule has 0 aromatic heterocycles. The molecule has 0 saturated carbocycles. The van der Waals surface area contributed by atoms with Gasteiger partial charge in [0.05, 0.1) is 32.4 Å². The lowest BCUT2D eigenvalue weighted by atomic mass is 9.94. The summed E-state index contributed by atoms with van der Waals surface area (Å²) in [5.41, 5.74) is 2.56. The minimum atomic E-state index is -0.556. The first-order chi connectivity index (χ1) is 14.4. The van der Waals surface area contributed by atoms with Gasteiger partial charge in [0, 0.05) is 11.4 Å². The Bertz CT molecular complexity index is 988. The Hall–Kier alpha value is -3.26. The number of nitrogens with zero attached hydrogens (tertiary/aromatic N) is 1. The topological polar surface area (TPSA) is 80.3 Å². The van der Waals surface area contributed by atoms with Crippen LogP contribution in [0.4, 0.5) is 5.69 Å². The Morgan fingerprint density at radius 3 is 2.50 bits per heavy atom. The van der Waals surface area contributed by atoms with E-state index in [-0.39, 0.29) is 5.75 Å². The van der Waals surface area contributed by atoms with Crippen LogP contribution in [0.1, 0.15) is 25.5 Å². The molecule has 1 unspecified atom stereocenters. The monoisotopic (exact) mass is 428 g/mol.